The van der Waals surface area contributed by atoms with Crippen molar-refractivity contribution >= 4 is 11.7 Å². The summed E-state index contributed by atoms with van der Waals surface area (Å²) >= 11 is 0. The first-order valence-corrected chi connectivity index (χ1v) is 16.6. The molecule has 1 aromatic carbocycles. The van der Waals surface area contributed by atoms with E-state index in [9.17, 15) is 9.90 Å². The number of phenolic OH excluding ortho intramolecular Hbond substituents is 1. The van der Waals surface area contributed by atoms with Gasteiger partial charge in [0.1, 0.15) is 11.6 Å². The van der Waals surface area contributed by atoms with E-state index >= 15 is 0 Å². The Morgan fingerprint density at radius 2 is 1.78 bits per heavy atom. The standard InChI is InChI=1S/C35H47N5O3.C3H8/c1-25(2)31-21-29(22-32(33(31)41)35(42)40-18-16-39(17-19-40)15-14-38(4)5)30-20-28-13-12-27(23-36-34(28)37-24-30)11-9-7-8-10-26(3)43-6;1-3-2/h7-11,20-25,41H,12-19H2,1-6H3,(H,36,37);3H2,1-2H3/b8-7-,11-9+,26-10+;. The number of aromatic hydroxyl groups is 1. The zero-order valence-electron chi connectivity index (χ0n) is 29.3. The topological polar surface area (TPSA) is 81.2 Å². The van der Waals surface area contributed by atoms with Crippen molar-refractivity contribution in [2.24, 2.45) is 0 Å². The minimum absolute atomic E-state index is 0.0614. The number of allylic oxidation sites excluding steroid dienone is 7. The van der Waals surface area contributed by atoms with E-state index in [4.69, 9.17) is 9.72 Å². The van der Waals surface area contributed by atoms with E-state index in [-0.39, 0.29) is 17.6 Å². The number of carbonyl (C=O) groups excluding carboxylic acids is 1. The average Bonchev–Trinajstić information content (AvgIpc) is 3.25. The van der Waals surface area contributed by atoms with Crippen LogP contribution in [0.5, 0.6) is 5.75 Å². The first-order valence-electron chi connectivity index (χ1n) is 16.6. The summed E-state index contributed by atoms with van der Waals surface area (Å²) in [6.07, 6.45) is 16.8. The van der Waals surface area contributed by atoms with Crippen molar-refractivity contribution in [3.63, 3.8) is 0 Å². The van der Waals surface area contributed by atoms with Gasteiger partial charge < -0.3 is 25.0 Å². The lowest BCUT2D eigenvalue weighted by atomic mass is 9.92. The number of aromatic nitrogens is 1. The van der Waals surface area contributed by atoms with Crippen molar-refractivity contribution in [3.8, 4) is 16.9 Å². The van der Waals surface area contributed by atoms with Gasteiger partial charge in [0.25, 0.3) is 5.91 Å². The van der Waals surface area contributed by atoms with Gasteiger partial charge in [-0.05, 0) is 86.3 Å². The number of nitrogens with zero attached hydrogens (tertiary/aromatic N) is 4. The van der Waals surface area contributed by atoms with E-state index in [1.807, 2.05) is 74.5 Å². The summed E-state index contributed by atoms with van der Waals surface area (Å²) in [5.74, 6) is 1.74. The lowest BCUT2D eigenvalue weighted by Crippen LogP contribution is -2.50. The molecule has 0 bridgehead atoms. The number of fused-ring (bicyclic) bond motifs is 1. The lowest BCUT2D eigenvalue weighted by Gasteiger charge is -2.35. The fourth-order valence-electron chi connectivity index (χ4n) is 5.25. The summed E-state index contributed by atoms with van der Waals surface area (Å²) in [4.78, 5) is 24.9. The highest BCUT2D eigenvalue weighted by Crippen LogP contribution is 2.36. The second-order valence-electron chi connectivity index (χ2n) is 12.6. The first kappa shape index (κ1) is 36.6. The Balaban J connectivity index is 0.00000185. The smallest absolute Gasteiger partial charge is 0.257 e. The number of benzene rings is 1. The Kier molecular flexibility index (Phi) is 14.6. The van der Waals surface area contributed by atoms with E-state index in [2.05, 4.69) is 55.2 Å². The normalized spacial score (nSPS) is 15.8. The van der Waals surface area contributed by atoms with E-state index in [0.29, 0.717) is 18.7 Å². The third-order valence-corrected chi connectivity index (χ3v) is 8.08. The molecule has 2 aliphatic heterocycles. The highest BCUT2D eigenvalue weighted by molar-refractivity contribution is 5.99. The number of methoxy groups -OCH3 is 1. The van der Waals surface area contributed by atoms with Gasteiger partial charge in [-0.15, -0.1) is 0 Å². The molecular weight excluding hydrogens is 574 g/mol. The van der Waals surface area contributed by atoms with Crippen molar-refractivity contribution in [3.05, 3.63) is 89.0 Å². The monoisotopic (exact) mass is 629 g/mol. The molecule has 4 rings (SSSR count). The van der Waals surface area contributed by atoms with Gasteiger partial charge >= 0.3 is 0 Å². The zero-order valence-corrected chi connectivity index (χ0v) is 29.3. The van der Waals surface area contributed by atoms with Crippen molar-refractivity contribution in [1.82, 2.24) is 19.7 Å². The number of rotatable bonds is 10. The SMILES string of the molecule is CCC.CO/C(C)=C/C=C\C=C\C1=CNc2ncc(-c3cc(C(=O)N4CCN(CCN(C)C)CC4)c(O)c(C(C)C)c3)cc2CC1. The summed E-state index contributed by atoms with van der Waals surface area (Å²) in [5, 5.41) is 14.6. The number of likely N-dealkylation sites (N-methyl/N-ethyl adjacent to an activating group) is 1. The molecule has 0 atom stereocenters. The Hall–Kier alpha value is -3.88. The number of piperazine rings is 1. The van der Waals surface area contributed by atoms with Crippen LogP contribution in [0.3, 0.4) is 0 Å². The second-order valence-corrected chi connectivity index (χ2v) is 12.6. The van der Waals surface area contributed by atoms with Crippen LogP contribution >= 0.6 is 0 Å². The van der Waals surface area contributed by atoms with E-state index in [1.165, 1.54) is 12.0 Å². The number of carbonyl (C=O) groups is 1. The van der Waals surface area contributed by atoms with Crippen LogP contribution < -0.4 is 5.32 Å². The third kappa shape index (κ3) is 10.6. The maximum Gasteiger partial charge on any atom is 0.257 e. The van der Waals surface area contributed by atoms with Crippen molar-refractivity contribution < 1.29 is 14.6 Å². The molecule has 2 aliphatic rings. The van der Waals surface area contributed by atoms with Gasteiger partial charge in [-0.3, -0.25) is 9.69 Å². The fourth-order valence-corrected chi connectivity index (χ4v) is 5.25. The molecule has 8 heteroatoms. The molecule has 250 valence electrons. The van der Waals surface area contributed by atoms with Gasteiger partial charge in [-0.25, -0.2) is 4.98 Å². The quantitative estimate of drug-likeness (QED) is 0.212. The van der Waals surface area contributed by atoms with Crippen LogP contribution in [0.15, 0.2) is 72.3 Å². The molecule has 1 aromatic heterocycles. The Labute approximate surface area is 277 Å². The van der Waals surface area contributed by atoms with E-state index in [0.717, 1.165) is 72.9 Å². The van der Waals surface area contributed by atoms with Crippen LogP contribution in [-0.2, 0) is 11.2 Å². The minimum Gasteiger partial charge on any atom is -0.507 e. The fraction of sp³-hybridized carbons (Fsp3) is 0.474. The zero-order chi connectivity index (χ0) is 33.6. The van der Waals surface area contributed by atoms with Crippen LogP contribution in [0.25, 0.3) is 11.1 Å². The number of anilines is 1. The van der Waals surface area contributed by atoms with E-state index in [1.54, 1.807) is 7.11 Å². The predicted octanol–water partition coefficient (Wildman–Crippen LogP) is 7.22. The van der Waals surface area contributed by atoms with Gasteiger partial charge in [0.2, 0.25) is 0 Å². The second kappa shape index (κ2) is 18.3. The third-order valence-electron chi connectivity index (χ3n) is 8.08. The van der Waals surface area contributed by atoms with Gasteiger partial charge in [0.15, 0.2) is 0 Å². The molecule has 0 radical (unpaired) electrons. The number of aryl methyl sites for hydroxylation is 1. The summed E-state index contributed by atoms with van der Waals surface area (Å²) in [5.41, 5.74) is 5.27. The van der Waals surface area contributed by atoms with Crippen molar-refractivity contribution in [1.29, 1.82) is 0 Å². The number of hydrogen-bond donors (Lipinski definition) is 2. The Morgan fingerprint density at radius 3 is 2.43 bits per heavy atom. The molecule has 2 aromatic rings. The summed E-state index contributed by atoms with van der Waals surface area (Å²) in [6, 6.07) is 6.00. The molecule has 3 heterocycles. The van der Waals surface area contributed by atoms with Crippen molar-refractivity contribution in [2.45, 2.75) is 59.8 Å². The lowest BCUT2D eigenvalue weighted by molar-refractivity contribution is 0.0626. The number of pyridine rings is 1. The van der Waals surface area contributed by atoms with Gasteiger partial charge in [-0.2, -0.15) is 0 Å². The molecule has 0 saturated carbocycles. The van der Waals surface area contributed by atoms with Gasteiger partial charge in [0, 0.05) is 57.2 Å². The van der Waals surface area contributed by atoms with Crippen LogP contribution in [0.1, 0.15) is 74.9 Å². The molecular formula is C38H55N5O3. The molecule has 0 unspecified atom stereocenters. The Morgan fingerprint density at radius 1 is 1.07 bits per heavy atom. The highest BCUT2D eigenvalue weighted by atomic mass is 16.5. The Bertz CT molecular complexity index is 1420. The number of nitrogens with one attached hydrogen (secondary N) is 1. The largest absolute Gasteiger partial charge is 0.507 e. The molecule has 46 heavy (non-hydrogen) atoms. The average molecular weight is 630 g/mol. The number of amides is 1. The molecule has 1 amide bonds. The van der Waals surface area contributed by atoms with E-state index < -0.39 is 0 Å². The predicted molar refractivity (Wildman–Crippen MR) is 191 cm³/mol. The maximum absolute atomic E-state index is 13.7. The van der Waals surface area contributed by atoms with Gasteiger partial charge in [0.05, 0.1) is 18.4 Å². The van der Waals surface area contributed by atoms with Crippen LogP contribution in [0.2, 0.25) is 0 Å². The molecule has 2 N–H and O–H groups in total. The number of ether oxygens (including phenoxy) is 1. The van der Waals surface area contributed by atoms with Crippen LogP contribution in [-0.4, -0.2) is 91.2 Å². The van der Waals surface area contributed by atoms with Crippen LogP contribution in [0, 0.1) is 0 Å². The summed E-state index contributed by atoms with van der Waals surface area (Å²) in [6.45, 7) is 15.2. The first-order chi connectivity index (χ1) is 22.1. The molecule has 0 spiro atoms. The van der Waals surface area contributed by atoms with Crippen molar-refractivity contribution in [2.75, 3.05) is 65.8 Å². The summed E-state index contributed by atoms with van der Waals surface area (Å²) < 4.78 is 5.15. The number of hydrogen-bond acceptors (Lipinski definition) is 7. The minimum atomic E-state index is -0.111. The summed E-state index contributed by atoms with van der Waals surface area (Å²) in [7, 11) is 5.82. The molecule has 1 fully saturated rings. The van der Waals surface area contributed by atoms with Crippen LogP contribution in [0.4, 0.5) is 5.82 Å². The maximum atomic E-state index is 13.7. The highest BCUT2D eigenvalue weighted by Gasteiger charge is 2.26. The molecule has 8 nitrogen and oxygen atoms in total. The van der Waals surface area contributed by atoms with Gasteiger partial charge in [-0.1, -0.05) is 58.4 Å². The number of phenols is 1. The molecule has 0 aliphatic carbocycles. The molecule has 1 saturated heterocycles.